The summed E-state index contributed by atoms with van der Waals surface area (Å²) in [6, 6.07) is 20.9. The van der Waals surface area contributed by atoms with Crippen molar-refractivity contribution in [2.45, 2.75) is 18.9 Å². The van der Waals surface area contributed by atoms with E-state index < -0.39 is 12.6 Å². The number of alkyl halides is 1. The number of carbonyl (C=O) groups excluding carboxylic acids is 2. The van der Waals surface area contributed by atoms with Crippen molar-refractivity contribution in [1.29, 1.82) is 5.26 Å². The van der Waals surface area contributed by atoms with E-state index in [0.717, 1.165) is 28.0 Å². The Balaban J connectivity index is 1.31. The Hall–Kier alpha value is -4.51. The maximum absolute atomic E-state index is 13.0. The highest BCUT2D eigenvalue weighted by Crippen LogP contribution is 2.26. The minimum atomic E-state index is -1.02. The molecular weight excluding hydrogens is 457 g/mol. The van der Waals surface area contributed by atoms with Crippen LogP contribution in [0.2, 0.25) is 0 Å². The molecule has 4 aromatic rings. The highest BCUT2D eigenvalue weighted by Gasteiger charge is 2.24. The molecule has 0 atom stereocenters. The molecule has 1 fully saturated rings. The number of halogens is 1. The van der Waals surface area contributed by atoms with Crippen molar-refractivity contribution in [3.8, 4) is 28.5 Å². The summed E-state index contributed by atoms with van der Waals surface area (Å²) in [6.45, 7) is 0.0243. The predicted molar refractivity (Wildman–Crippen MR) is 134 cm³/mol. The number of fused-ring (bicyclic) bond motifs is 1. The summed E-state index contributed by atoms with van der Waals surface area (Å²) in [7, 11) is 0. The minimum absolute atomic E-state index is 0.0509. The standard InChI is InChI=1S/C28H24FN5O2/c29-15-27(35)32-24-11-13-33(14-12-24)28(36)22-7-5-20(6-8-22)23-9-10-26-31-17-25(34(26)18-23)21-3-1-19(16-30)2-4-21/h1-10,17-18,24H,11-15H2,(H,32,35). The number of nitrogens with zero attached hydrogens (tertiary/aromatic N) is 4. The average molecular weight is 482 g/mol. The lowest BCUT2D eigenvalue weighted by molar-refractivity contribution is -0.122. The zero-order valence-corrected chi connectivity index (χ0v) is 19.5. The molecule has 0 spiro atoms. The number of pyridine rings is 1. The van der Waals surface area contributed by atoms with Crippen LogP contribution >= 0.6 is 0 Å². The number of carbonyl (C=O) groups is 2. The number of benzene rings is 2. The van der Waals surface area contributed by atoms with E-state index in [1.165, 1.54) is 0 Å². The number of piperidine rings is 1. The van der Waals surface area contributed by atoms with Gasteiger partial charge in [0.05, 0.1) is 23.5 Å². The second kappa shape index (κ2) is 10.0. The summed E-state index contributed by atoms with van der Waals surface area (Å²) in [5.41, 5.74) is 5.88. The molecule has 0 unspecified atom stereocenters. The molecule has 1 saturated heterocycles. The molecule has 5 rings (SSSR count). The zero-order chi connectivity index (χ0) is 25.1. The van der Waals surface area contributed by atoms with Crippen molar-refractivity contribution in [3.05, 3.63) is 84.2 Å². The van der Waals surface area contributed by atoms with Gasteiger partial charge in [-0.1, -0.05) is 24.3 Å². The first-order valence-electron chi connectivity index (χ1n) is 11.8. The third-order valence-electron chi connectivity index (χ3n) is 6.55. The van der Waals surface area contributed by atoms with Crippen molar-refractivity contribution in [1.82, 2.24) is 19.6 Å². The highest BCUT2D eigenvalue weighted by molar-refractivity contribution is 5.94. The van der Waals surface area contributed by atoms with Crippen LogP contribution in [0.5, 0.6) is 0 Å². The van der Waals surface area contributed by atoms with Crippen LogP contribution in [0.15, 0.2) is 73.1 Å². The van der Waals surface area contributed by atoms with Crippen LogP contribution in [0.25, 0.3) is 28.0 Å². The fourth-order valence-electron chi connectivity index (χ4n) is 4.56. The van der Waals surface area contributed by atoms with Crippen molar-refractivity contribution in [2.75, 3.05) is 19.8 Å². The maximum atomic E-state index is 13.0. The number of hydrogen-bond acceptors (Lipinski definition) is 4. The lowest BCUT2D eigenvalue weighted by Crippen LogP contribution is -2.46. The third-order valence-corrected chi connectivity index (χ3v) is 6.55. The lowest BCUT2D eigenvalue weighted by atomic mass is 10.0. The molecule has 1 aliphatic heterocycles. The van der Waals surface area contributed by atoms with Gasteiger partial charge in [-0.15, -0.1) is 0 Å². The van der Waals surface area contributed by atoms with Crippen molar-refractivity contribution >= 4 is 17.5 Å². The molecule has 2 aromatic carbocycles. The summed E-state index contributed by atoms with van der Waals surface area (Å²) in [5, 5.41) is 11.7. The summed E-state index contributed by atoms with van der Waals surface area (Å²) in [5.74, 6) is -0.654. The van der Waals surface area contributed by atoms with E-state index in [9.17, 15) is 14.0 Å². The van der Waals surface area contributed by atoms with Crippen LogP contribution in [0.4, 0.5) is 4.39 Å². The quantitative estimate of drug-likeness (QED) is 0.462. The van der Waals surface area contributed by atoms with Crippen molar-refractivity contribution in [2.24, 2.45) is 0 Å². The van der Waals surface area contributed by atoms with Gasteiger partial charge in [0.2, 0.25) is 0 Å². The first-order valence-corrected chi connectivity index (χ1v) is 11.8. The molecule has 0 radical (unpaired) electrons. The number of rotatable bonds is 5. The van der Waals surface area contributed by atoms with E-state index in [1.54, 1.807) is 17.0 Å². The monoisotopic (exact) mass is 481 g/mol. The van der Waals surface area contributed by atoms with Gasteiger partial charge in [-0.25, -0.2) is 9.37 Å². The first kappa shape index (κ1) is 23.2. The largest absolute Gasteiger partial charge is 0.351 e. The smallest absolute Gasteiger partial charge is 0.253 e. The molecule has 180 valence electrons. The van der Waals surface area contributed by atoms with Crippen LogP contribution in [0, 0.1) is 11.3 Å². The van der Waals surface area contributed by atoms with Gasteiger partial charge in [0, 0.05) is 36.5 Å². The van der Waals surface area contributed by atoms with E-state index in [2.05, 4.69) is 16.4 Å². The van der Waals surface area contributed by atoms with E-state index in [4.69, 9.17) is 5.26 Å². The Kier molecular flexibility index (Phi) is 6.46. The van der Waals surface area contributed by atoms with Gasteiger partial charge < -0.3 is 10.2 Å². The van der Waals surface area contributed by atoms with Crippen LogP contribution in [-0.4, -0.2) is 51.9 Å². The molecule has 8 heteroatoms. The van der Waals surface area contributed by atoms with E-state index in [-0.39, 0.29) is 11.9 Å². The van der Waals surface area contributed by atoms with Gasteiger partial charge in [0.25, 0.3) is 11.8 Å². The van der Waals surface area contributed by atoms with E-state index in [0.29, 0.717) is 37.1 Å². The Morgan fingerprint density at radius 2 is 1.64 bits per heavy atom. The molecule has 36 heavy (non-hydrogen) atoms. The third kappa shape index (κ3) is 4.68. The van der Waals surface area contributed by atoms with E-state index in [1.807, 2.05) is 65.3 Å². The number of nitriles is 1. The molecule has 2 amide bonds. The highest BCUT2D eigenvalue weighted by atomic mass is 19.1. The van der Waals surface area contributed by atoms with Gasteiger partial charge >= 0.3 is 0 Å². The van der Waals surface area contributed by atoms with Gasteiger partial charge in [-0.05, 0) is 60.4 Å². The fraction of sp³-hybridized carbons (Fsp3) is 0.214. The van der Waals surface area contributed by atoms with Crippen LogP contribution in [0.1, 0.15) is 28.8 Å². The topological polar surface area (TPSA) is 90.5 Å². The normalized spacial score (nSPS) is 13.9. The molecule has 2 aromatic heterocycles. The minimum Gasteiger partial charge on any atom is -0.351 e. The number of aromatic nitrogens is 2. The predicted octanol–water partition coefficient (Wildman–Crippen LogP) is 4.23. The number of imidazole rings is 1. The van der Waals surface area contributed by atoms with Gasteiger partial charge in [-0.2, -0.15) is 5.26 Å². The SMILES string of the molecule is N#Cc1ccc(-c2cnc3ccc(-c4ccc(C(=O)N5CCC(NC(=O)CF)CC5)cc4)cn23)cc1. The fourth-order valence-corrected chi connectivity index (χ4v) is 4.56. The van der Waals surface area contributed by atoms with Crippen molar-refractivity contribution in [3.63, 3.8) is 0 Å². The Bertz CT molecular complexity index is 1450. The second-order valence-electron chi connectivity index (χ2n) is 8.82. The zero-order valence-electron chi connectivity index (χ0n) is 19.5. The molecular formula is C28H24FN5O2. The molecule has 0 bridgehead atoms. The molecule has 7 nitrogen and oxygen atoms in total. The number of likely N-dealkylation sites (tertiary alicyclic amines) is 1. The first-order chi connectivity index (χ1) is 17.6. The number of amides is 2. The van der Waals surface area contributed by atoms with Crippen LogP contribution in [0.3, 0.4) is 0 Å². The Labute approximate surface area is 207 Å². The second-order valence-corrected chi connectivity index (χ2v) is 8.82. The van der Waals surface area contributed by atoms with Crippen molar-refractivity contribution < 1.29 is 14.0 Å². The Morgan fingerprint density at radius 1 is 0.972 bits per heavy atom. The number of hydrogen-bond donors (Lipinski definition) is 1. The van der Waals surface area contributed by atoms with E-state index >= 15 is 0 Å². The average Bonchev–Trinajstić information content (AvgIpc) is 3.36. The van der Waals surface area contributed by atoms with Gasteiger partial charge in [0.1, 0.15) is 5.65 Å². The summed E-state index contributed by atoms with van der Waals surface area (Å²) in [6.07, 6.45) is 5.06. The van der Waals surface area contributed by atoms with Crippen LogP contribution < -0.4 is 5.32 Å². The molecule has 0 saturated carbocycles. The molecule has 3 heterocycles. The van der Waals surface area contributed by atoms with Gasteiger partial charge in [0.15, 0.2) is 6.67 Å². The summed E-state index contributed by atoms with van der Waals surface area (Å²) < 4.78 is 14.4. The summed E-state index contributed by atoms with van der Waals surface area (Å²) >= 11 is 0. The maximum Gasteiger partial charge on any atom is 0.253 e. The Morgan fingerprint density at radius 3 is 2.31 bits per heavy atom. The van der Waals surface area contributed by atoms with Crippen LogP contribution in [-0.2, 0) is 4.79 Å². The molecule has 0 aliphatic carbocycles. The summed E-state index contributed by atoms with van der Waals surface area (Å²) in [4.78, 5) is 30.5. The lowest BCUT2D eigenvalue weighted by Gasteiger charge is -2.32. The van der Waals surface area contributed by atoms with Gasteiger partial charge in [-0.3, -0.25) is 14.0 Å². The number of nitrogens with one attached hydrogen (secondary N) is 1. The molecule has 1 aliphatic rings. The molecule has 1 N–H and O–H groups in total.